The van der Waals surface area contributed by atoms with Gasteiger partial charge in [-0.25, -0.2) is 13.2 Å². The number of hydrogen-bond donors (Lipinski definition) is 1. The van der Waals surface area contributed by atoms with Crippen molar-refractivity contribution in [1.29, 1.82) is 0 Å². The second-order valence-electron chi connectivity index (χ2n) is 4.24. The van der Waals surface area contributed by atoms with Crippen molar-refractivity contribution in [2.75, 3.05) is 7.11 Å². The molecule has 1 unspecified atom stereocenters. The van der Waals surface area contributed by atoms with Gasteiger partial charge >= 0.3 is 0 Å². The summed E-state index contributed by atoms with van der Waals surface area (Å²) in [7, 11) is 1.39. The molecular formula is C15H14F3NO. The van der Waals surface area contributed by atoms with Gasteiger partial charge in [-0.2, -0.15) is 5.48 Å². The molecule has 0 aromatic heterocycles. The third kappa shape index (κ3) is 3.18. The van der Waals surface area contributed by atoms with E-state index in [1.165, 1.54) is 7.11 Å². The molecule has 0 fully saturated rings. The van der Waals surface area contributed by atoms with Gasteiger partial charge in [0, 0.05) is 5.56 Å². The number of hydroxylamine groups is 1. The van der Waals surface area contributed by atoms with Gasteiger partial charge in [-0.3, -0.25) is 0 Å². The molecule has 0 bridgehead atoms. The predicted molar refractivity (Wildman–Crippen MR) is 69.8 cm³/mol. The van der Waals surface area contributed by atoms with Crippen LogP contribution >= 0.6 is 0 Å². The smallest absolute Gasteiger partial charge is 0.264 e. The lowest BCUT2D eigenvalue weighted by molar-refractivity contribution is 0.0697. The molecule has 0 heterocycles. The van der Waals surface area contributed by atoms with Gasteiger partial charge in [-0.05, 0) is 23.3 Å². The summed E-state index contributed by atoms with van der Waals surface area (Å²) in [5.74, 6) is -0.566. The lowest BCUT2D eigenvalue weighted by Crippen LogP contribution is -2.22. The van der Waals surface area contributed by atoms with Crippen molar-refractivity contribution >= 4 is 0 Å². The van der Waals surface area contributed by atoms with E-state index in [1.54, 1.807) is 24.3 Å². The van der Waals surface area contributed by atoms with Crippen molar-refractivity contribution in [3.8, 4) is 0 Å². The largest absolute Gasteiger partial charge is 0.304 e. The molecule has 2 nitrogen and oxygen atoms in total. The van der Waals surface area contributed by atoms with E-state index in [0.717, 1.165) is 18.2 Å². The summed E-state index contributed by atoms with van der Waals surface area (Å²) < 4.78 is 39.6. The van der Waals surface area contributed by atoms with Crippen molar-refractivity contribution in [2.24, 2.45) is 0 Å². The summed E-state index contributed by atoms with van der Waals surface area (Å²) in [6.07, 6.45) is -2.68. The molecule has 5 heteroatoms. The Bertz CT molecular complexity index is 560. The molecule has 2 rings (SSSR count). The molecule has 0 amide bonds. The molecule has 0 aliphatic rings. The highest BCUT2D eigenvalue weighted by Gasteiger charge is 2.22. The minimum absolute atomic E-state index is 0.160. The Hall–Kier alpha value is -1.85. The Morgan fingerprint density at radius 3 is 2.30 bits per heavy atom. The fourth-order valence-electron chi connectivity index (χ4n) is 2.07. The summed E-state index contributed by atoms with van der Waals surface area (Å²) >= 11 is 0. The third-order valence-electron chi connectivity index (χ3n) is 2.96. The first-order valence-electron chi connectivity index (χ1n) is 6.04. The van der Waals surface area contributed by atoms with Gasteiger partial charge in [0.2, 0.25) is 0 Å². The Balaban J connectivity index is 2.51. The van der Waals surface area contributed by atoms with Crippen LogP contribution in [-0.2, 0) is 4.84 Å². The fourth-order valence-corrected chi connectivity index (χ4v) is 2.07. The SMILES string of the molecule is CONC(c1ccccc1)c1cc(F)ccc1C(F)F. The van der Waals surface area contributed by atoms with Gasteiger partial charge in [-0.1, -0.05) is 36.4 Å². The average Bonchev–Trinajstić information content (AvgIpc) is 2.45. The van der Waals surface area contributed by atoms with E-state index in [2.05, 4.69) is 5.48 Å². The molecule has 2 aromatic rings. The molecule has 20 heavy (non-hydrogen) atoms. The first-order valence-corrected chi connectivity index (χ1v) is 6.04. The van der Waals surface area contributed by atoms with Gasteiger partial charge in [0.15, 0.2) is 0 Å². The van der Waals surface area contributed by atoms with Crippen molar-refractivity contribution < 1.29 is 18.0 Å². The molecule has 0 spiro atoms. The number of benzene rings is 2. The lowest BCUT2D eigenvalue weighted by atomic mass is 9.95. The van der Waals surface area contributed by atoms with E-state index in [9.17, 15) is 13.2 Å². The maximum Gasteiger partial charge on any atom is 0.264 e. The highest BCUT2D eigenvalue weighted by Crippen LogP contribution is 2.31. The zero-order chi connectivity index (χ0) is 14.5. The minimum Gasteiger partial charge on any atom is -0.304 e. The maximum atomic E-state index is 13.4. The maximum absolute atomic E-state index is 13.4. The van der Waals surface area contributed by atoms with Gasteiger partial charge in [0.25, 0.3) is 6.43 Å². The van der Waals surface area contributed by atoms with Crippen molar-refractivity contribution in [1.82, 2.24) is 5.48 Å². The standard InChI is InChI=1S/C15H14F3NO/c1-20-19-14(10-5-3-2-4-6-10)13-9-11(16)7-8-12(13)15(17)18/h2-9,14-15,19H,1H3. The van der Waals surface area contributed by atoms with Crippen LogP contribution in [0.2, 0.25) is 0 Å². The molecule has 0 aliphatic heterocycles. The summed E-state index contributed by atoms with van der Waals surface area (Å²) in [6.45, 7) is 0. The van der Waals surface area contributed by atoms with Crippen LogP contribution in [0.1, 0.15) is 29.2 Å². The number of halogens is 3. The summed E-state index contributed by atoms with van der Waals surface area (Å²) in [4.78, 5) is 4.87. The van der Waals surface area contributed by atoms with Crippen LogP contribution in [-0.4, -0.2) is 7.11 Å². The van der Waals surface area contributed by atoms with Crippen LogP contribution in [0.15, 0.2) is 48.5 Å². The van der Waals surface area contributed by atoms with E-state index in [1.807, 2.05) is 6.07 Å². The molecule has 0 saturated heterocycles. The summed E-state index contributed by atoms with van der Waals surface area (Å²) in [5, 5.41) is 0. The normalized spacial score (nSPS) is 12.7. The molecule has 0 radical (unpaired) electrons. The van der Waals surface area contributed by atoms with E-state index in [4.69, 9.17) is 4.84 Å². The monoisotopic (exact) mass is 281 g/mol. The molecule has 106 valence electrons. The molecule has 2 aromatic carbocycles. The number of alkyl halides is 2. The molecule has 0 saturated carbocycles. The number of hydrogen-bond acceptors (Lipinski definition) is 2. The Kier molecular flexibility index (Phi) is 4.76. The Morgan fingerprint density at radius 2 is 1.70 bits per heavy atom. The van der Waals surface area contributed by atoms with Crippen LogP contribution in [0.3, 0.4) is 0 Å². The minimum atomic E-state index is -2.68. The average molecular weight is 281 g/mol. The third-order valence-corrected chi connectivity index (χ3v) is 2.96. The predicted octanol–water partition coefficient (Wildman–Crippen LogP) is 4.00. The molecular weight excluding hydrogens is 267 g/mol. The summed E-state index contributed by atoms with van der Waals surface area (Å²) in [6, 6.07) is 11.5. The molecule has 1 atom stereocenters. The second-order valence-corrected chi connectivity index (χ2v) is 4.24. The van der Waals surface area contributed by atoms with Crippen LogP contribution in [0.25, 0.3) is 0 Å². The van der Waals surface area contributed by atoms with Crippen molar-refractivity contribution in [3.63, 3.8) is 0 Å². The van der Waals surface area contributed by atoms with Crippen LogP contribution < -0.4 is 5.48 Å². The zero-order valence-corrected chi connectivity index (χ0v) is 10.8. The highest BCUT2D eigenvalue weighted by molar-refractivity contribution is 5.38. The molecule has 0 aliphatic carbocycles. The van der Waals surface area contributed by atoms with E-state index >= 15 is 0 Å². The topological polar surface area (TPSA) is 21.3 Å². The van der Waals surface area contributed by atoms with Crippen LogP contribution in [0.5, 0.6) is 0 Å². The quantitative estimate of drug-likeness (QED) is 0.836. The highest BCUT2D eigenvalue weighted by atomic mass is 19.3. The van der Waals surface area contributed by atoms with Crippen molar-refractivity contribution in [2.45, 2.75) is 12.5 Å². The Morgan fingerprint density at radius 1 is 1.00 bits per heavy atom. The number of rotatable bonds is 5. The zero-order valence-electron chi connectivity index (χ0n) is 10.8. The van der Waals surface area contributed by atoms with E-state index in [0.29, 0.717) is 5.56 Å². The first kappa shape index (κ1) is 14.6. The first-order chi connectivity index (χ1) is 9.63. The van der Waals surface area contributed by atoms with Crippen molar-refractivity contribution in [3.05, 3.63) is 71.0 Å². The van der Waals surface area contributed by atoms with Gasteiger partial charge in [0.1, 0.15) is 5.82 Å². The van der Waals surface area contributed by atoms with Gasteiger partial charge < -0.3 is 4.84 Å². The van der Waals surface area contributed by atoms with Gasteiger partial charge in [-0.15, -0.1) is 0 Å². The second kappa shape index (κ2) is 6.54. The van der Waals surface area contributed by atoms with E-state index in [-0.39, 0.29) is 11.1 Å². The van der Waals surface area contributed by atoms with Crippen LogP contribution in [0.4, 0.5) is 13.2 Å². The lowest BCUT2D eigenvalue weighted by Gasteiger charge is -2.21. The number of nitrogens with one attached hydrogen (secondary N) is 1. The van der Waals surface area contributed by atoms with Crippen LogP contribution in [0, 0.1) is 5.82 Å². The Labute approximate surface area is 115 Å². The summed E-state index contributed by atoms with van der Waals surface area (Å²) in [5.41, 5.74) is 3.29. The fraction of sp³-hybridized carbons (Fsp3) is 0.200. The van der Waals surface area contributed by atoms with Gasteiger partial charge in [0.05, 0.1) is 13.2 Å². The molecule has 1 N–H and O–H groups in total. The van der Waals surface area contributed by atoms with E-state index < -0.39 is 18.3 Å².